The normalized spacial score (nSPS) is 14.9. The van der Waals surface area contributed by atoms with Crippen molar-refractivity contribution >= 4 is 51.3 Å². The van der Waals surface area contributed by atoms with Crippen molar-refractivity contribution in [3.8, 4) is 0 Å². The third-order valence-electron chi connectivity index (χ3n) is 3.69. The number of nitrogens with one attached hydrogen (secondary N) is 2. The number of hydrogen-bond acceptors (Lipinski definition) is 7. The highest BCUT2D eigenvalue weighted by Gasteiger charge is 2.29. The maximum absolute atomic E-state index is 12.7. The number of benzene rings is 1. The number of amides is 2. The summed E-state index contributed by atoms with van der Waals surface area (Å²) in [5.74, 6) is -0.795. The van der Waals surface area contributed by atoms with Crippen LogP contribution in [0.3, 0.4) is 0 Å². The quantitative estimate of drug-likeness (QED) is 0.627. The average Bonchev–Trinajstić information content (AvgIpc) is 3.11. The highest BCUT2D eigenvalue weighted by molar-refractivity contribution is 7.89. The van der Waals surface area contributed by atoms with E-state index >= 15 is 0 Å². The fourth-order valence-electron chi connectivity index (χ4n) is 2.41. The van der Waals surface area contributed by atoms with Gasteiger partial charge in [0.25, 0.3) is 5.91 Å². The molecule has 2 heterocycles. The fourth-order valence-corrected chi connectivity index (χ4v) is 4.51. The Balaban J connectivity index is 0.00000261. The van der Waals surface area contributed by atoms with Gasteiger partial charge in [0.15, 0.2) is 0 Å². The molecule has 0 bridgehead atoms. The molecular weight excluding hydrogens is 414 g/mol. The number of rotatable bonds is 5. The molecule has 2 aromatic rings. The molecule has 1 aromatic carbocycles. The third kappa shape index (κ3) is 4.82. The van der Waals surface area contributed by atoms with E-state index in [4.69, 9.17) is 5.73 Å². The Morgan fingerprint density at radius 2 is 2.19 bits per heavy atom. The summed E-state index contributed by atoms with van der Waals surface area (Å²) in [7, 11) is -3.83. The molecule has 27 heavy (non-hydrogen) atoms. The number of halogens is 1. The number of piperazine rings is 1. The molecule has 0 spiro atoms. The van der Waals surface area contributed by atoms with Crippen LogP contribution in [0.4, 0.5) is 5.69 Å². The Bertz CT molecular complexity index is 947. The third-order valence-corrected chi connectivity index (χ3v) is 6.40. The van der Waals surface area contributed by atoms with Crippen LogP contribution < -0.4 is 16.4 Å². The van der Waals surface area contributed by atoms with Crippen LogP contribution in [0.2, 0.25) is 0 Å². The molecule has 1 aliphatic heterocycles. The second kappa shape index (κ2) is 8.76. The Morgan fingerprint density at radius 1 is 1.41 bits per heavy atom. The van der Waals surface area contributed by atoms with E-state index in [0.717, 1.165) is 4.31 Å². The summed E-state index contributed by atoms with van der Waals surface area (Å²) in [6, 6.07) is 5.89. The summed E-state index contributed by atoms with van der Waals surface area (Å²) in [6.45, 7) is 0.488. The summed E-state index contributed by atoms with van der Waals surface area (Å²) < 4.78 is 26.5. The summed E-state index contributed by atoms with van der Waals surface area (Å²) >= 11 is 1.28. The number of anilines is 1. The van der Waals surface area contributed by atoms with Crippen molar-refractivity contribution in [2.75, 3.05) is 25.0 Å². The van der Waals surface area contributed by atoms with Gasteiger partial charge < -0.3 is 16.4 Å². The number of thiazole rings is 1. The lowest BCUT2D eigenvalue weighted by molar-refractivity contribution is -0.122. The van der Waals surface area contributed by atoms with E-state index in [1.54, 1.807) is 11.4 Å². The standard InChI is InChI=1S/C15H17N5O4S2.ClH/c16-7-14-19-12(9-25-14)15(22)18-10-2-1-3-11(6-10)26(23,24)20-5-4-17-13(21)8-20;/h1-3,6,9H,4-5,7-8,16H2,(H,17,21)(H,18,22);1H. The van der Waals surface area contributed by atoms with Gasteiger partial charge in [-0.25, -0.2) is 13.4 Å². The zero-order valence-corrected chi connectivity index (χ0v) is 16.5. The molecule has 4 N–H and O–H groups in total. The molecule has 2 amide bonds. The molecular formula is C15H18ClN5O4S2. The van der Waals surface area contributed by atoms with E-state index in [2.05, 4.69) is 15.6 Å². The van der Waals surface area contributed by atoms with Crippen molar-refractivity contribution in [2.24, 2.45) is 5.73 Å². The first-order valence-corrected chi connectivity index (χ1v) is 10.0. The largest absolute Gasteiger partial charge is 0.354 e. The summed E-state index contributed by atoms with van der Waals surface area (Å²) in [4.78, 5) is 27.8. The van der Waals surface area contributed by atoms with Gasteiger partial charge in [0, 0.05) is 30.7 Å². The Morgan fingerprint density at radius 3 is 2.85 bits per heavy atom. The van der Waals surface area contributed by atoms with E-state index < -0.39 is 15.9 Å². The van der Waals surface area contributed by atoms with Gasteiger partial charge in [0.1, 0.15) is 10.7 Å². The van der Waals surface area contributed by atoms with Crippen LogP contribution in [-0.2, 0) is 21.4 Å². The number of nitrogens with two attached hydrogens (primary N) is 1. The molecule has 0 unspecified atom stereocenters. The zero-order valence-electron chi connectivity index (χ0n) is 14.0. The Kier molecular flexibility index (Phi) is 6.89. The van der Waals surface area contributed by atoms with Gasteiger partial charge in [-0.1, -0.05) is 6.07 Å². The fraction of sp³-hybridized carbons (Fsp3) is 0.267. The van der Waals surface area contributed by atoms with Gasteiger partial charge in [-0.05, 0) is 18.2 Å². The van der Waals surface area contributed by atoms with Crippen LogP contribution in [0, 0.1) is 0 Å². The molecule has 12 heteroatoms. The van der Waals surface area contributed by atoms with Crippen molar-refractivity contribution in [1.82, 2.24) is 14.6 Å². The maximum Gasteiger partial charge on any atom is 0.275 e. The number of carbonyl (C=O) groups excluding carboxylic acids is 2. The SMILES string of the molecule is Cl.NCc1nc(C(=O)Nc2cccc(S(=O)(=O)N3CCNC(=O)C3)c2)cs1. The minimum absolute atomic E-state index is 0. The lowest BCUT2D eigenvalue weighted by atomic mass is 10.3. The second-order valence-corrected chi connectivity index (χ2v) is 8.38. The minimum atomic E-state index is -3.83. The molecule has 0 atom stereocenters. The van der Waals surface area contributed by atoms with Crippen molar-refractivity contribution in [1.29, 1.82) is 0 Å². The molecule has 1 fully saturated rings. The van der Waals surface area contributed by atoms with Gasteiger partial charge in [0.2, 0.25) is 15.9 Å². The van der Waals surface area contributed by atoms with E-state index in [1.165, 1.54) is 29.5 Å². The molecule has 1 aliphatic rings. The van der Waals surface area contributed by atoms with Crippen molar-refractivity contribution in [3.63, 3.8) is 0 Å². The van der Waals surface area contributed by atoms with E-state index in [9.17, 15) is 18.0 Å². The average molecular weight is 432 g/mol. The lowest BCUT2D eigenvalue weighted by Crippen LogP contribution is -2.49. The van der Waals surface area contributed by atoms with Gasteiger partial charge in [-0.15, -0.1) is 23.7 Å². The summed E-state index contributed by atoms with van der Waals surface area (Å²) in [6.07, 6.45) is 0. The van der Waals surface area contributed by atoms with E-state index in [-0.39, 0.29) is 55.1 Å². The minimum Gasteiger partial charge on any atom is -0.354 e. The lowest BCUT2D eigenvalue weighted by Gasteiger charge is -2.26. The van der Waals surface area contributed by atoms with Gasteiger partial charge in [-0.2, -0.15) is 4.31 Å². The first kappa shape index (κ1) is 21.3. The monoisotopic (exact) mass is 431 g/mol. The highest BCUT2D eigenvalue weighted by Crippen LogP contribution is 2.21. The van der Waals surface area contributed by atoms with Crippen LogP contribution in [0.25, 0.3) is 0 Å². The molecule has 0 radical (unpaired) electrons. The van der Waals surface area contributed by atoms with Crippen molar-refractivity contribution in [2.45, 2.75) is 11.4 Å². The molecule has 3 rings (SSSR count). The van der Waals surface area contributed by atoms with Gasteiger partial charge >= 0.3 is 0 Å². The molecule has 146 valence electrons. The highest BCUT2D eigenvalue weighted by atomic mass is 35.5. The molecule has 9 nitrogen and oxygen atoms in total. The van der Waals surface area contributed by atoms with Crippen LogP contribution in [0.15, 0.2) is 34.5 Å². The maximum atomic E-state index is 12.7. The van der Waals surface area contributed by atoms with Gasteiger partial charge in [-0.3, -0.25) is 9.59 Å². The summed E-state index contributed by atoms with van der Waals surface area (Å²) in [5, 5.41) is 7.42. The first-order chi connectivity index (χ1) is 12.4. The molecule has 0 saturated carbocycles. The van der Waals surface area contributed by atoms with Crippen LogP contribution in [0.1, 0.15) is 15.5 Å². The first-order valence-electron chi connectivity index (χ1n) is 7.73. The zero-order chi connectivity index (χ0) is 18.7. The topological polar surface area (TPSA) is 134 Å². The predicted molar refractivity (Wildman–Crippen MR) is 103 cm³/mol. The Hall–Kier alpha value is -2.05. The van der Waals surface area contributed by atoms with Crippen LogP contribution in [0.5, 0.6) is 0 Å². The molecule has 1 saturated heterocycles. The van der Waals surface area contributed by atoms with E-state index in [1.807, 2.05) is 0 Å². The molecule has 0 aliphatic carbocycles. The summed E-state index contributed by atoms with van der Waals surface area (Å²) in [5.41, 5.74) is 6.02. The number of nitrogens with zero attached hydrogens (tertiary/aromatic N) is 2. The van der Waals surface area contributed by atoms with Crippen LogP contribution >= 0.6 is 23.7 Å². The Labute approximate surface area is 166 Å². The van der Waals surface area contributed by atoms with Crippen LogP contribution in [-0.4, -0.2) is 49.2 Å². The smallest absolute Gasteiger partial charge is 0.275 e. The predicted octanol–water partition coefficient (Wildman–Crippen LogP) is 0.396. The van der Waals surface area contributed by atoms with Crippen molar-refractivity contribution in [3.05, 3.63) is 40.3 Å². The number of sulfonamides is 1. The van der Waals surface area contributed by atoms with E-state index in [0.29, 0.717) is 10.7 Å². The molecule has 1 aromatic heterocycles. The second-order valence-electron chi connectivity index (χ2n) is 5.50. The number of carbonyl (C=O) groups is 2. The number of hydrogen-bond donors (Lipinski definition) is 3. The van der Waals surface area contributed by atoms with Gasteiger partial charge in [0.05, 0.1) is 11.4 Å². The van der Waals surface area contributed by atoms with Crippen molar-refractivity contribution < 1.29 is 18.0 Å². The number of aromatic nitrogens is 1.